The summed E-state index contributed by atoms with van der Waals surface area (Å²) in [4.78, 5) is 7.50. The molecule has 0 radical (unpaired) electrons. The third-order valence-corrected chi connectivity index (χ3v) is 2.18. The minimum Gasteiger partial charge on any atom is -0.392 e. The second kappa shape index (κ2) is 4.58. The Morgan fingerprint density at radius 2 is 2.35 bits per heavy atom. The van der Waals surface area contributed by atoms with E-state index in [1.165, 1.54) is 6.20 Å². The molecule has 5 nitrogen and oxygen atoms in total. The molecule has 0 aliphatic heterocycles. The molecule has 0 aliphatic rings. The zero-order chi connectivity index (χ0) is 17.4. The maximum Gasteiger partial charge on any atom is 0.170 e. The molecule has 2 aromatic heterocycles. The van der Waals surface area contributed by atoms with Gasteiger partial charge in [0, 0.05) is 26.0 Å². The van der Waals surface area contributed by atoms with Crippen LogP contribution < -0.4 is 0 Å². The molecule has 17 heavy (non-hydrogen) atoms. The fraction of sp³-hybridized carbons (Fsp3) is 0.364. The molecule has 0 aliphatic carbocycles. The highest BCUT2D eigenvalue weighted by molar-refractivity contribution is 5.59. The van der Waals surface area contributed by atoms with Crippen molar-refractivity contribution in [2.45, 2.75) is 26.4 Å². The molecule has 0 saturated heterocycles. The zero-order valence-electron chi connectivity index (χ0n) is 14.6. The van der Waals surface area contributed by atoms with Crippen LogP contribution in [0.1, 0.15) is 33.5 Å². The maximum atomic E-state index is 14.2. The van der Waals surface area contributed by atoms with Crippen LogP contribution in [0.25, 0.3) is 11.4 Å². The number of nitrogens with zero attached hydrogens (tertiary/aromatic N) is 4. The van der Waals surface area contributed by atoms with Crippen LogP contribution >= 0.6 is 0 Å². The summed E-state index contributed by atoms with van der Waals surface area (Å²) in [5, 5.41) is 12.9. The third kappa shape index (κ3) is 2.03. The van der Waals surface area contributed by atoms with E-state index in [4.69, 9.17) is 8.22 Å². The van der Waals surface area contributed by atoms with Gasteiger partial charge < -0.3 is 5.11 Å². The summed E-state index contributed by atoms with van der Waals surface area (Å²) in [5.74, 6) is -0.947. The van der Waals surface area contributed by atoms with E-state index in [0.29, 0.717) is 10.9 Å². The van der Waals surface area contributed by atoms with Crippen molar-refractivity contribution in [3.63, 3.8) is 0 Å². The van der Waals surface area contributed by atoms with Gasteiger partial charge >= 0.3 is 0 Å². The van der Waals surface area contributed by atoms with Crippen LogP contribution in [0.2, 0.25) is 0 Å². The van der Waals surface area contributed by atoms with Gasteiger partial charge in [-0.25, -0.2) is 14.4 Å². The van der Waals surface area contributed by atoms with Crippen LogP contribution in [-0.2, 0) is 6.61 Å². The molecule has 0 amide bonds. The van der Waals surface area contributed by atoms with Crippen molar-refractivity contribution in [2.24, 2.45) is 0 Å². The van der Waals surface area contributed by atoms with Gasteiger partial charge in [-0.3, -0.25) is 4.68 Å². The first-order chi connectivity index (χ1) is 10.6. The van der Waals surface area contributed by atoms with Gasteiger partial charge in [-0.05, 0) is 13.7 Å². The van der Waals surface area contributed by atoms with E-state index < -0.39 is 37.9 Å². The Kier molecular flexibility index (Phi) is 1.67. The van der Waals surface area contributed by atoms with E-state index in [2.05, 4.69) is 15.1 Å². The number of halogens is 1. The van der Waals surface area contributed by atoms with Crippen LogP contribution in [0.15, 0.2) is 18.7 Å². The Labute approximate surface area is 106 Å². The largest absolute Gasteiger partial charge is 0.392 e. The van der Waals surface area contributed by atoms with Gasteiger partial charge in [0.25, 0.3) is 0 Å². The SMILES string of the molecule is [2H]C([2H])([2H])C(n1ncc(F)c1-c1ncncc1CO)C([2H])([2H])[2H]. The third-order valence-electron chi connectivity index (χ3n) is 2.18. The smallest absolute Gasteiger partial charge is 0.170 e. The van der Waals surface area contributed by atoms with Crippen molar-refractivity contribution in [3.05, 3.63) is 30.1 Å². The van der Waals surface area contributed by atoms with E-state index in [9.17, 15) is 9.50 Å². The topological polar surface area (TPSA) is 63.8 Å². The molecule has 0 atom stereocenters. The molecule has 90 valence electrons. The van der Waals surface area contributed by atoms with Crippen molar-refractivity contribution >= 4 is 0 Å². The van der Waals surface area contributed by atoms with Crippen molar-refractivity contribution in [2.75, 3.05) is 0 Å². The lowest BCUT2D eigenvalue weighted by atomic mass is 10.1. The second-order valence-corrected chi connectivity index (χ2v) is 3.24. The van der Waals surface area contributed by atoms with Gasteiger partial charge in [-0.2, -0.15) is 5.10 Å². The molecule has 1 N–H and O–H groups in total. The van der Waals surface area contributed by atoms with E-state index in [1.807, 2.05) is 0 Å². The normalized spacial score (nSPS) is 17.8. The Morgan fingerprint density at radius 1 is 1.53 bits per heavy atom. The number of hydrogen-bond donors (Lipinski definition) is 1. The van der Waals surface area contributed by atoms with Crippen molar-refractivity contribution in [3.8, 4) is 11.4 Å². The number of aliphatic hydroxyl groups excluding tert-OH is 1. The van der Waals surface area contributed by atoms with Crippen LogP contribution in [0.3, 0.4) is 0 Å². The quantitative estimate of drug-likeness (QED) is 0.887. The fourth-order valence-electron chi connectivity index (χ4n) is 1.45. The number of aromatic nitrogens is 4. The Bertz CT molecular complexity index is 685. The first-order valence-corrected chi connectivity index (χ1v) is 4.70. The summed E-state index contributed by atoms with van der Waals surface area (Å²) in [6, 6.07) is -2.06. The van der Waals surface area contributed by atoms with Crippen LogP contribution in [0.4, 0.5) is 4.39 Å². The molecule has 0 aromatic carbocycles. The van der Waals surface area contributed by atoms with Crippen LogP contribution in [0, 0.1) is 5.82 Å². The molecule has 2 heterocycles. The fourth-order valence-corrected chi connectivity index (χ4v) is 1.45. The maximum absolute atomic E-state index is 14.2. The molecular formula is C11H13FN4O. The zero-order valence-corrected chi connectivity index (χ0v) is 8.63. The first-order valence-electron chi connectivity index (χ1n) is 7.70. The number of aliphatic hydroxyl groups is 1. The lowest BCUT2D eigenvalue weighted by Gasteiger charge is -2.12. The molecule has 0 fully saturated rings. The van der Waals surface area contributed by atoms with Crippen LogP contribution in [-0.4, -0.2) is 24.9 Å². The standard InChI is InChI=1S/C11H13FN4O/c1-7(2)16-11(9(12)4-15-16)10-8(5-17)3-13-6-14-10/h3-4,6-7,17H,5H2,1-2H3/i1D3,2D3. The number of rotatable bonds is 3. The summed E-state index contributed by atoms with van der Waals surface area (Å²) in [5.41, 5.74) is -0.423. The van der Waals surface area contributed by atoms with E-state index >= 15 is 0 Å². The lowest BCUT2D eigenvalue weighted by Crippen LogP contribution is -2.07. The van der Waals surface area contributed by atoms with Crippen LogP contribution in [0.5, 0.6) is 0 Å². The van der Waals surface area contributed by atoms with Crippen molar-refractivity contribution < 1.29 is 17.7 Å². The van der Waals surface area contributed by atoms with Gasteiger partial charge in [0.2, 0.25) is 0 Å². The monoisotopic (exact) mass is 242 g/mol. The Balaban J connectivity index is 2.72. The van der Waals surface area contributed by atoms with Crippen molar-refractivity contribution in [1.82, 2.24) is 19.7 Å². The molecular weight excluding hydrogens is 223 g/mol. The van der Waals surface area contributed by atoms with E-state index in [0.717, 1.165) is 6.33 Å². The number of hydrogen-bond acceptors (Lipinski definition) is 4. The summed E-state index contributed by atoms with van der Waals surface area (Å²) in [7, 11) is 0. The van der Waals surface area contributed by atoms with Gasteiger partial charge in [-0.15, -0.1) is 0 Å². The average molecular weight is 242 g/mol. The second-order valence-electron chi connectivity index (χ2n) is 3.24. The summed E-state index contributed by atoms with van der Waals surface area (Å²) in [6.45, 7) is -6.44. The molecule has 0 spiro atoms. The molecule has 2 aromatic rings. The highest BCUT2D eigenvalue weighted by atomic mass is 19.1. The van der Waals surface area contributed by atoms with Crippen molar-refractivity contribution in [1.29, 1.82) is 0 Å². The minimum absolute atomic E-state index is 0.114. The highest BCUT2D eigenvalue weighted by Crippen LogP contribution is 2.25. The molecule has 0 bridgehead atoms. The molecule has 0 saturated carbocycles. The van der Waals surface area contributed by atoms with Gasteiger partial charge in [-0.1, -0.05) is 0 Å². The Hall–Kier alpha value is -1.82. The van der Waals surface area contributed by atoms with Gasteiger partial charge in [0.05, 0.1) is 12.8 Å². The molecule has 0 unspecified atom stereocenters. The van der Waals surface area contributed by atoms with Gasteiger partial charge in [0.1, 0.15) is 17.7 Å². The average Bonchev–Trinajstić information content (AvgIpc) is 2.76. The lowest BCUT2D eigenvalue weighted by molar-refractivity contribution is 0.281. The predicted molar refractivity (Wildman–Crippen MR) is 59.5 cm³/mol. The summed E-state index contributed by atoms with van der Waals surface area (Å²) in [6.07, 6.45) is 3.01. The predicted octanol–water partition coefficient (Wildman–Crippen LogP) is 1.55. The first kappa shape index (κ1) is 6.20. The molecule has 6 heteroatoms. The van der Waals surface area contributed by atoms with E-state index in [-0.39, 0.29) is 11.3 Å². The summed E-state index contributed by atoms with van der Waals surface area (Å²) < 4.78 is 59.5. The molecule has 2 rings (SSSR count). The minimum atomic E-state index is -2.95. The van der Waals surface area contributed by atoms with Gasteiger partial charge in [0.15, 0.2) is 5.82 Å². The summed E-state index contributed by atoms with van der Waals surface area (Å²) >= 11 is 0. The Morgan fingerprint density at radius 3 is 3.06 bits per heavy atom. The highest BCUT2D eigenvalue weighted by Gasteiger charge is 2.18. The van der Waals surface area contributed by atoms with E-state index in [1.54, 1.807) is 0 Å².